The summed E-state index contributed by atoms with van der Waals surface area (Å²) < 4.78 is 0. The second-order valence-corrected chi connectivity index (χ2v) is 4.08. The van der Waals surface area contributed by atoms with E-state index in [0.717, 1.165) is 25.9 Å². The molecule has 1 atom stereocenters. The van der Waals surface area contributed by atoms with Crippen LogP contribution in [0.2, 0.25) is 0 Å². The zero-order chi connectivity index (χ0) is 10.6. The van der Waals surface area contributed by atoms with Gasteiger partial charge in [0.2, 0.25) is 0 Å². The van der Waals surface area contributed by atoms with Crippen LogP contribution < -0.4 is 10.8 Å². The molecular formula is C9H18N2O3. The molecule has 1 unspecified atom stereocenters. The van der Waals surface area contributed by atoms with Crippen LogP contribution in [-0.4, -0.2) is 35.8 Å². The first-order chi connectivity index (χ1) is 6.52. The number of nitrogens with one attached hydrogen (secondary N) is 2. The fourth-order valence-corrected chi connectivity index (χ4v) is 1.23. The van der Waals surface area contributed by atoms with Crippen LogP contribution in [-0.2, 0) is 9.63 Å². The van der Waals surface area contributed by atoms with Crippen molar-refractivity contribution in [3.8, 4) is 0 Å². The highest BCUT2D eigenvalue weighted by molar-refractivity contribution is 5.76. The summed E-state index contributed by atoms with van der Waals surface area (Å²) in [4.78, 5) is 15.9. The summed E-state index contributed by atoms with van der Waals surface area (Å²) in [6.07, 6.45) is 2.11. The van der Waals surface area contributed by atoms with Gasteiger partial charge in [-0.25, -0.2) is 4.79 Å². The van der Waals surface area contributed by atoms with Crippen molar-refractivity contribution in [1.82, 2.24) is 10.8 Å². The molecule has 1 heterocycles. The number of hydrogen-bond donors (Lipinski definition) is 3. The maximum Gasteiger partial charge on any atom is 0.337 e. The van der Waals surface area contributed by atoms with Crippen molar-refractivity contribution in [3.05, 3.63) is 0 Å². The molecule has 0 spiro atoms. The zero-order valence-corrected chi connectivity index (χ0v) is 8.67. The second-order valence-electron chi connectivity index (χ2n) is 4.08. The molecule has 82 valence electrons. The fourth-order valence-electron chi connectivity index (χ4n) is 1.23. The van der Waals surface area contributed by atoms with Crippen molar-refractivity contribution in [2.45, 2.75) is 38.3 Å². The van der Waals surface area contributed by atoms with Gasteiger partial charge >= 0.3 is 5.97 Å². The third kappa shape index (κ3) is 3.25. The van der Waals surface area contributed by atoms with Crippen LogP contribution in [0.3, 0.4) is 0 Å². The maximum absolute atomic E-state index is 10.7. The van der Waals surface area contributed by atoms with Crippen LogP contribution in [0.4, 0.5) is 0 Å². The van der Waals surface area contributed by atoms with E-state index in [0.29, 0.717) is 0 Å². The molecule has 1 fully saturated rings. The molecule has 5 heteroatoms. The first-order valence-corrected chi connectivity index (χ1v) is 4.90. The van der Waals surface area contributed by atoms with Gasteiger partial charge in [0.1, 0.15) is 0 Å². The van der Waals surface area contributed by atoms with E-state index < -0.39 is 11.6 Å². The van der Waals surface area contributed by atoms with E-state index in [1.807, 2.05) is 0 Å². The first-order valence-electron chi connectivity index (χ1n) is 4.90. The number of hydrogen-bond acceptors (Lipinski definition) is 4. The lowest BCUT2D eigenvalue weighted by Crippen LogP contribution is -2.48. The first kappa shape index (κ1) is 11.4. The minimum absolute atomic E-state index is 0.211. The topological polar surface area (TPSA) is 70.6 Å². The number of aliphatic carboxylic acids is 1. The predicted octanol–water partition coefficient (Wildman–Crippen LogP) is 0.123. The summed E-state index contributed by atoms with van der Waals surface area (Å²) in [7, 11) is 0. The molecule has 0 aromatic rings. The molecule has 1 aliphatic rings. The maximum atomic E-state index is 10.7. The zero-order valence-electron chi connectivity index (χ0n) is 8.67. The van der Waals surface area contributed by atoms with Crippen molar-refractivity contribution >= 4 is 5.97 Å². The van der Waals surface area contributed by atoms with Crippen LogP contribution in [0.5, 0.6) is 0 Å². The second kappa shape index (κ2) is 4.72. The van der Waals surface area contributed by atoms with Gasteiger partial charge < -0.3 is 10.4 Å². The molecule has 1 rings (SSSR count). The quantitative estimate of drug-likeness (QED) is 0.565. The lowest BCUT2D eigenvalue weighted by atomic mass is 10.1. The van der Waals surface area contributed by atoms with Gasteiger partial charge in [0.25, 0.3) is 0 Å². The number of carbonyl (C=O) groups is 1. The number of carboxylic acid groups (broad SMARTS) is 1. The minimum atomic E-state index is -1.17. The van der Waals surface area contributed by atoms with Gasteiger partial charge in [0.05, 0.1) is 0 Å². The fraction of sp³-hybridized carbons (Fsp3) is 0.889. The molecule has 0 amide bonds. The molecule has 0 aromatic carbocycles. The van der Waals surface area contributed by atoms with Crippen LogP contribution in [0.1, 0.15) is 26.7 Å². The van der Waals surface area contributed by atoms with Crippen LogP contribution in [0, 0.1) is 0 Å². The molecule has 0 radical (unpaired) electrons. The molecule has 3 N–H and O–H groups in total. The van der Waals surface area contributed by atoms with E-state index in [9.17, 15) is 4.79 Å². The van der Waals surface area contributed by atoms with Crippen molar-refractivity contribution in [2.75, 3.05) is 13.1 Å². The predicted molar refractivity (Wildman–Crippen MR) is 51.8 cm³/mol. The Bertz CT molecular complexity index is 200. The van der Waals surface area contributed by atoms with Crippen molar-refractivity contribution in [3.63, 3.8) is 0 Å². The standard InChI is InChI=1S/C9H18N2O3/c1-9(2,8(12)13)14-11-7-4-3-5-10-6-7/h7,10-11H,3-6H2,1-2H3,(H,12,13). The molecule has 1 aliphatic heterocycles. The van der Waals surface area contributed by atoms with Crippen molar-refractivity contribution in [2.24, 2.45) is 0 Å². The Hall–Kier alpha value is -0.650. The Kier molecular flexibility index (Phi) is 3.86. The van der Waals surface area contributed by atoms with Crippen molar-refractivity contribution in [1.29, 1.82) is 0 Å². The minimum Gasteiger partial charge on any atom is -0.479 e. The Morgan fingerprint density at radius 1 is 1.64 bits per heavy atom. The Labute approximate surface area is 83.8 Å². The summed E-state index contributed by atoms with van der Waals surface area (Å²) in [5.41, 5.74) is 1.63. The highest BCUT2D eigenvalue weighted by Crippen LogP contribution is 2.09. The highest BCUT2D eigenvalue weighted by atomic mass is 16.7. The van der Waals surface area contributed by atoms with Gasteiger partial charge in [-0.15, -0.1) is 0 Å². The molecule has 0 aromatic heterocycles. The van der Waals surface area contributed by atoms with E-state index in [1.165, 1.54) is 13.8 Å². The van der Waals surface area contributed by atoms with E-state index in [2.05, 4.69) is 10.8 Å². The Morgan fingerprint density at radius 2 is 2.36 bits per heavy atom. The van der Waals surface area contributed by atoms with Gasteiger partial charge in [-0.2, -0.15) is 5.48 Å². The summed E-state index contributed by atoms with van der Waals surface area (Å²) >= 11 is 0. The smallest absolute Gasteiger partial charge is 0.337 e. The molecule has 0 aliphatic carbocycles. The lowest BCUT2D eigenvalue weighted by molar-refractivity contribution is -0.174. The lowest BCUT2D eigenvalue weighted by Gasteiger charge is -2.27. The van der Waals surface area contributed by atoms with Crippen LogP contribution >= 0.6 is 0 Å². The van der Waals surface area contributed by atoms with Gasteiger partial charge in [0, 0.05) is 12.6 Å². The van der Waals surface area contributed by atoms with Gasteiger partial charge in [-0.3, -0.25) is 4.84 Å². The molecule has 14 heavy (non-hydrogen) atoms. The molecule has 0 bridgehead atoms. The SMILES string of the molecule is CC(C)(ONC1CCCNC1)C(=O)O. The molecular weight excluding hydrogens is 184 g/mol. The number of rotatable bonds is 4. The van der Waals surface area contributed by atoms with Gasteiger partial charge in [-0.05, 0) is 33.2 Å². The molecule has 5 nitrogen and oxygen atoms in total. The summed E-state index contributed by atoms with van der Waals surface area (Å²) in [5, 5.41) is 12.0. The average molecular weight is 202 g/mol. The van der Waals surface area contributed by atoms with Gasteiger partial charge in [-0.1, -0.05) is 0 Å². The Balaban J connectivity index is 2.28. The molecule has 0 saturated carbocycles. The van der Waals surface area contributed by atoms with Crippen LogP contribution in [0.25, 0.3) is 0 Å². The summed E-state index contributed by atoms with van der Waals surface area (Å²) in [5.74, 6) is -0.964. The third-order valence-corrected chi connectivity index (χ3v) is 2.29. The summed E-state index contributed by atoms with van der Waals surface area (Å²) in [6, 6.07) is 0.211. The van der Waals surface area contributed by atoms with Gasteiger partial charge in [0.15, 0.2) is 5.60 Å². The number of hydroxylamine groups is 1. The highest BCUT2D eigenvalue weighted by Gasteiger charge is 2.29. The average Bonchev–Trinajstić information content (AvgIpc) is 2.16. The largest absolute Gasteiger partial charge is 0.479 e. The normalized spacial score (nSPS) is 23.4. The third-order valence-electron chi connectivity index (χ3n) is 2.29. The monoisotopic (exact) mass is 202 g/mol. The van der Waals surface area contributed by atoms with Crippen molar-refractivity contribution < 1.29 is 14.7 Å². The van der Waals surface area contributed by atoms with E-state index >= 15 is 0 Å². The van der Waals surface area contributed by atoms with E-state index in [1.54, 1.807) is 0 Å². The summed E-state index contributed by atoms with van der Waals surface area (Å²) in [6.45, 7) is 4.91. The number of carboxylic acids is 1. The number of piperidine rings is 1. The van der Waals surface area contributed by atoms with E-state index in [4.69, 9.17) is 9.94 Å². The molecule has 1 saturated heterocycles. The Morgan fingerprint density at radius 3 is 2.86 bits per heavy atom. The van der Waals surface area contributed by atoms with Crippen LogP contribution in [0.15, 0.2) is 0 Å². The van der Waals surface area contributed by atoms with E-state index in [-0.39, 0.29) is 6.04 Å².